The van der Waals surface area contributed by atoms with Gasteiger partial charge in [-0.05, 0) is 64.4 Å². The number of carbonyl (C=O) groups excluding carboxylic acids is 1. The lowest BCUT2D eigenvalue weighted by atomic mass is 9.95. The molecule has 1 aromatic carbocycles. The lowest BCUT2D eigenvalue weighted by Crippen LogP contribution is -2.43. The highest BCUT2D eigenvalue weighted by Gasteiger charge is 2.43. The molecule has 1 heterocycles. The van der Waals surface area contributed by atoms with Gasteiger partial charge in [0.1, 0.15) is 27.7 Å². The second-order valence-corrected chi connectivity index (χ2v) is 24.8. The van der Waals surface area contributed by atoms with Gasteiger partial charge in [0.15, 0.2) is 0 Å². The number of nitrogens with one attached hydrogen (secondary N) is 1. The van der Waals surface area contributed by atoms with E-state index in [9.17, 15) is 4.79 Å². The van der Waals surface area contributed by atoms with Crippen molar-refractivity contribution in [2.75, 3.05) is 0 Å². The van der Waals surface area contributed by atoms with Gasteiger partial charge in [0.25, 0.3) is 5.91 Å². The Labute approximate surface area is 257 Å². The van der Waals surface area contributed by atoms with Gasteiger partial charge in [-0.25, -0.2) is 4.39 Å². The molecule has 1 N–H and O–H groups in total. The lowest BCUT2D eigenvalue weighted by Gasteiger charge is -2.38. The molecule has 0 unspecified atom stereocenters. The molecule has 1 amide bonds. The minimum Gasteiger partial charge on any atom is -0.344 e. The smallest absolute Gasteiger partial charge is 0.270 e. The summed E-state index contributed by atoms with van der Waals surface area (Å²) in [5.74, 6) is 6.34. The molecule has 0 radical (unpaired) electrons. The number of hydrogen-bond donors (Lipinski definition) is 1. The zero-order valence-corrected chi connectivity index (χ0v) is 30.2. The molecule has 0 spiro atoms. The van der Waals surface area contributed by atoms with Crippen molar-refractivity contribution >= 4 is 22.1 Å². The Balaban J connectivity index is 2.89. The summed E-state index contributed by atoms with van der Waals surface area (Å²) in [5, 5.41) is 3.11. The summed E-state index contributed by atoms with van der Waals surface area (Å²) in [6, 6.07) is 7.86. The maximum atomic E-state index is 15.4. The van der Waals surface area contributed by atoms with Crippen molar-refractivity contribution in [2.45, 2.75) is 129 Å². The first-order valence-electron chi connectivity index (χ1n) is 15.6. The summed E-state index contributed by atoms with van der Waals surface area (Å²) >= 11 is 0. The van der Waals surface area contributed by atoms with Crippen LogP contribution in [0.4, 0.5) is 4.39 Å². The monoisotopic (exact) mass is 604 g/mol. The van der Waals surface area contributed by atoms with Crippen molar-refractivity contribution in [1.82, 2.24) is 10.3 Å². The van der Waals surface area contributed by atoms with Crippen molar-refractivity contribution < 1.29 is 9.18 Å². The van der Waals surface area contributed by atoms with E-state index in [0.717, 1.165) is 5.56 Å². The quantitative estimate of drug-likeness (QED) is 0.229. The molecule has 1 aromatic heterocycles. The number of nitrogens with zero attached hydrogens (tertiary/aromatic N) is 1. The summed E-state index contributed by atoms with van der Waals surface area (Å²) in [4.78, 5) is 17.4. The normalized spacial score (nSPS) is 13.0. The summed E-state index contributed by atoms with van der Waals surface area (Å²) < 4.78 is 15.4. The molecular formula is C36H53FN2OSi2. The van der Waals surface area contributed by atoms with Gasteiger partial charge in [-0.3, -0.25) is 9.78 Å². The van der Waals surface area contributed by atoms with Crippen LogP contribution >= 0.6 is 0 Å². The van der Waals surface area contributed by atoms with E-state index in [4.69, 9.17) is 0 Å². The number of amides is 1. The highest BCUT2D eigenvalue weighted by molar-refractivity contribution is 6.91. The molecule has 0 aliphatic heterocycles. The fourth-order valence-corrected chi connectivity index (χ4v) is 17.8. The van der Waals surface area contributed by atoms with Gasteiger partial charge in [-0.15, -0.1) is 11.1 Å². The van der Waals surface area contributed by atoms with E-state index < -0.39 is 22.2 Å². The minimum absolute atomic E-state index is 0.282. The number of rotatable bonds is 9. The van der Waals surface area contributed by atoms with Gasteiger partial charge in [-0.2, -0.15) is 0 Å². The Bertz CT molecular complexity index is 1230. The molecule has 0 fully saturated rings. The Hall–Kier alpha value is -2.68. The molecule has 0 saturated carbocycles. The van der Waals surface area contributed by atoms with Gasteiger partial charge in [0.05, 0.1) is 6.04 Å². The van der Waals surface area contributed by atoms with Crippen molar-refractivity contribution in [3.8, 4) is 22.9 Å². The van der Waals surface area contributed by atoms with E-state index in [1.807, 2.05) is 6.92 Å². The van der Waals surface area contributed by atoms with E-state index in [2.05, 4.69) is 116 Å². The zero-order valence-electron chi connectivity index (χ0n) is 28.2. The third kappa shape index (κ3) is 7.45. The fourth-order valence-electron chi connectivity index (χ4n) is 7.35. The van der Waals surface area contributed by atoms with Gasteiger partial charge in [0.2, 0.25) is 0 Å². The molecule has 42 heavy (non-hydrogen) atoms. The summed E-state index contributed by atoms with van der Waals surface area (Å²) in [6.07, 6.45) is 1.60. The van der Waals surface area contributed by atoms with Crippen LogP contribution < -0.4 is 5.32 Å². The third-order valence-corrected chi connectivity index (χ3v) is 22.0. The topological polar surface area (TPSA) is 42.0 Å². The molecule has 0 bridgehead atoms. The van der Waals surface area contributed by atoms with Crippen LogP contribution in [0.3, 0.4) is 0 Å². The van der Waals surface area contributed by atoms with Gasteiger partial charge >= 0.3 is 0 Å². The summed E-state index contributed by atoms with van der Waals surface area (Å²) in [7, 11) is -4.18. The number of halogens is 1. The lowest BCUT2D eigenvalue weighted by molar-refractivity contribution is 0.0935. The van der Waals surface area contributed by atoms with Crippen LogP contribution in [0.5, 0.6) is 0 Å². The second kappa shape index (κ2) is 14.7. The number of carbonyl (C=O) groups is 1. The number of aromatic nitrogens is 1. The third-order valence-electron chi connectivity index (χ3n) is 9.38. The first-order chi connectivity index (χ1) is 19.5. The summed E-state index contributed by atoms with van der Waals surface area (Å²) in [6.45, 7) is 29.2. The van der Waals surface area contributed by atoms with E-state index >= 15 is 4.39 Å². The second-order valence-electron chi connectivity index (χ2n) is 13.6. The molecule has 3 nitrogen and oxygen atoms in total. The van der Waals surface area contributed by atoms with E-state index in [0.29, 0.717) is 50.1 Å². The van der Waals surface area contributed by atoms with E-state index in [-0.39, 0.29) is 11.7 Å². The first-order valence-corrected chi connectivity index (χ1v) is 20.1. The Morgan fingerprint density at radius 2 is 1.12 bits per heavy atom. The van der Waals surface area contributed by atoms with E-state index in [1.165, 1.54) is 12.1 Å². The molecule has 6 heteroatoms. The molecule has 0 aliphatic rings. The molecule has 228 valence electrons. The molecule has 2 aromatic rings. The number of benzene rings is 1. The first kappa shape index (κ1) is 35.5. The van der Waals surface area contributed by atoms with Crippen LogP contribution in [0.1, 0.15) is 123 Å². The molecular weight excluding hydrogens is 552 g/mol. The number of pyridine rings is 1. The predicted octanol–water partition coefficient (Wildman–Crippen LogP) is 9.85. The molecule has 1 atom stereocenters. The molecule has 2 rings (SSSR count). The highest BCUT2D eigenvalue weighted by atomic mass is 28.3. The van der Waals surface area contributed by atoms with E-state index in [1.54, 1.807) is 24.4 Å². The summed E-state index contributed by atoms with van der Waals surface area (Å²) in [5.41, 5.74) is 12.5. The van der Waals surface area contributed by atoms with Crippen LogP contribution in [-0.4, -0.2) is 27.0 Å². The van der Waals surface area contributed by atoms with Crippen LogP contribution in [0.2, 0.25) is 33.2 Å². The largest absolute Gasteiger partial charge is 0.344 e. The predicted molar refractivity (Wildman–Crippen MR) is 182 cm³/mol. The maximum absolute atomic E-state index is 15.4. The van der Waals surface area contributed by atoms with Crippen molar-refractivity contribution in [3.63, 3.8) is 0 Å². The van der Waals surface area contributed by atoms with Crippen molar-refractivity contribution in [1.29, 1.82) is 0 Å². The highest BCUT2D eigenvalue weighted by Crippen LogP contribution is 2.42. The van der Waals surface area contributed by atoms with Crippen molar-refractivity contribution in [2.24, 2.45) is 0 Å². The van der Waals surface area contributed by atoms with Gasteiger partial charge < -0.3 is 5.32 Å². The molecule has 0 aliphatic carbocycles. The Morgan fingerprint density at radius 3 is 1.45 bits per heavy atom. The minimum atomic E-state index is -2.09. The number of hydrogen-bond acceptors (Lipinski definition) is 2. The Morgan fingerprint density at radius 1 is 0.714 bits per heavy atom. The fraction of sp³-hybridized carbons (Fsp3) is 0.556. The van der Waals surface area contributed by atoms with Crippen LogP contribution in [0.25, 0.3) is 0 Å². The average molecular weight is 605 g/mol. The van der Waals surface area contributed by atoms with Crippen LogP contribution in [-0.2, 0) is 0 Å². The maximum Gasteiger partial charge on any atom is 0.270 e. The van der Waals surface area contributed by atoms with Crippen LogP contribution in [0, 0.1) is 28.7 Å². The Kier molecular flexibility index (Phi) is 12.4. The average Bonchev–Trinajstić information content (AvgIpc) is 2.88. The van der Waals surface area contributed by atoms with Crippen molar-refractivity contribution in [3.05, 3.63) is 64.7 Å². The SMILES string of the molecule is CC(C)[Si](C#Cc1cc(F)cc(C#C[Si](C(C)C)(C(C)C)C(C)C)c1[C@@H](C)NC(=O)c1ccccn1)(C(C)C)C(C)C. The molecule has 0 saturated heterocycles. The van der Waals surface area contributed by atoms with Crippen LogP contribution in [0.15, 0.2) is 36.5 Å². The van der Waals surface area contributed by atoms with Gasteiger partial charge in [0, 0.05) is 22.9 Å². The van der Waals surface area contributed by atoms with Gasteiger partial charge in [-0.1, -0.05) is 101 Å². The zero-order chi connectivity index (χ0) is 32.0. The standard InChI is InChI=1S/C36H53FN2OSi2/c1-24(2)41(25(3)4,26(5)6)20-17-31-22-33(37)23-32(18-21-42(27(7)8,28(9)10)29(11)12)35(31)30(13)39-36(40)34-16-14-15-19-38-34/h14-16,19,22-30H,1-13H3,(H,39,40)/t30-/m1/s1.